The van der Waals surface area contributed by atoms with Crippen LogP contribution in [0.5, 0.6) is 5.75 Å². The molecule has 0 atom stereocenters. The first-order chi connectivity index (χ1) is 16.5. The van der Waals surface area contributed by atoms with Crippen LogP contribution in [0.2, 0.25) is 0 Å². The number of halogens is 1. The molecule has 4 heterocycles. The number of imidazole rings is 1. The van der Waals surface area contributed by atoms with Crippen molar-refractivity contribution in [2.75, 3.05) is 31.8 Å². The molecule has 0 bridgehead atoms. The summed E-state index contributed by atoms with van der Waals surface area (Å²) in [6, 6.07) is 7.88. The number of hydrogen-bond acceptors (Lipinski definition) is 5. The summed E-state index contributed by atoms with van der Waals surface area (Å²) in [4.78, 5) is 35.5. The summed E-state index contributed by atoms with van der Waals surface area (Å²) >= 11 is 0. The lowest BCUT2D eigenvalue weighted by atomic mass is 9.99. The maximum absolute atomic E-state index is 13.6. The van der Waals surface area contributed by atoms with Crippen molar-refractivity contribution >= 4 is 28.1 Å². The minimum atomic E-state index is -0.321. The summed E-state index contributed by atoms with van der Waals surface area (Å²) in [5.41, 5.74) is 3.22. The molecule has 6 rings (SSSR count). The van der Waals surface area contributed by atoms with Crippen molar-refractivity contribution in [3.63, 3.8) is 0 Å². The van der Waals surface area contributed by atoms with E-state index in [-0.39, 0.29) is 23.2 Å². The van der Waals surface area contributed by atoms with Gasteiger partial charge in [0.1, 0.15) is 22.9 Å². The number of rotatable bonds is 3. The Morgan fingerprint density at radius 3 is 2.82 bits per heavy atom. The molecule has 0 spiro atoms. The molecule has 0 saturated carbocycles. The summed E-state index contributed by atoms with van der Waals surface area (Å²) in [5, 5.41) is 0. The number of benzene rings is 2. The Balaban J connectivity index is 1.50. The number of nitrogens with zero attached hydrogens (tertiary/aromatic N) is 3. The van der Waals surface area contributed by atoms with Crippen LogP contribution in [0.3, 0.4) is 0 Å². The van der Waals surface area contributed by atoms with Gasteiger partial charge >= 0.3 is 0 Å². The van der Waals surface area contributed by atoms with Crippen molar-refractivity contribution in [1.82, 2.24) is 14.4 Å². The number of H-pyrrole nitrogens is 1. The van der Waals surface area contributed by atoms with Gasteiger partial charge in [0.2, 0.25) is 0 Å². The summed E-state index contributed by atoms with van der Waals surface area (Å²) < 4.78 is 26.6. The van der Waals surface area contributed by atoms with E-state index in [1.807, 2.05) is 4.40 Å². The second-order valence-corrected chi connectivity index (χ2v) is 8.73. The van der Waals surface area contributed by atoms with Gasteiger partial charge in [0.15, 0.2) is 0 Å². The number of aromatic nitrogens is 3. The zero-order valence-corrected chi connectivity index (χ0v) is 18.6. The molecule has 2 aliphatic heterocycles. The lowest BCUT2D eigenvalue weighted by molar-refractivity contribution is 0.0835. The van der Waals surface area contributed by atoms with Crippen LogP contribution in [-0.4, -0.2) is 47.1 Å². The van der Waals surface area contributed by atoms with Crippen molar-refractivity contribution in [3.8, 4) is 5.75 Å². The third-order valence-electron chi connectivity index (χ3n) is 6.83. The van der Waals surface area contributed by atoms with Gasteiger partial charge in [-0.3, -0.25) is 14.0 Å². The largest absolute Gasteiger partial charge is 0.496 e. The number of amides is 1. The predicted molar refractivity (Wildman–Crippen MR) is 124 cm³/mol. The summed E-state index contributed by atoms with van der Waals surface area (Å²) in [6.07, 6.45) is 3.83. The zero-order chi connectivity index (χ0) is 23.4. The maximum Gasteiger partial charge on any atom is 0.274 e. The number of carbonyl (C=O) groups is 1. The quantitative estimate of drug-likeness (QED) is 0.504. The van der Waals surface area contributed by atoms with Crippen molar-refractivity contribution in [1.29, 1.82) is 0 Å². The van der Waals surface area contributed by atoms with Crippen LogP contribution >= 0.6 is 0 Å². The first kappa shape index (κ1) is 20.9. The number of ether oxygens (including phenoxy) is 2. The van der Waals surface area contributed by atoms with Crippen molar-refractivity contribution in [2.24, 2.45) is 0 Å². The fourth-order valence-electron chi connectivity index (χ4n) is 5.13. The molecule has 174 valence electrons. The molecule has 0 unspecified atom stereocenters. The molecule has 0 aliphatic carbocycles. The lowest BCUT2D eigenvalue weighted by Gasteiger charge is -2.22. The molecule has 2 aromatic carbocycles. The van der Waals surface area contributed by atoms with Crippen LogP contribution in [0, 0.1) is 5.82 Å². The highest BCUT2D eigenvalue weighted by molar-refractivity contribution is 6.10. The molecule has 1 N–H and O–H groups in total. The van der Waals surface area contributed by atoms with Crippen molar-refractivity contribution < 1.29 is 18.7 Å². The van der Waals surface area contributed by atoms with Crippen LogP contribution in [-0.2, 0) is 11.2 Å². The molecular formula is C25H23FN4O4. The standard InChI is InChI=1S/C25H23FN4O4/c1-33-22-12-20-18(11-17(22)25(32)29-7-4-15-10-16(26)2-3-19(15)29)28-24(31)21-13-27-23(30(20)21)14-5-8-34-9-6-14/h2-3,10-14H,4-9H2,1H3,(H,28,31). The topological polar surface area (TPSA) is 88.9 Å². The molecule has 2 aromatic heterocycles. The van der Waals surface area contributed by atoms with Crippen LogP contribution in [0.15, 0.2) is 41.3 Å². The van der Waals surface area contributed by atoms with Gasteiger partial charge in [-0.25, -0.2) is 9.37 Å². The second-order valence-electron chi connectivity index (χ2n) is 8.73. The molecule has 1 fully saturated rings. The summed E-state index contributed by atoms with van der Waals surface area (Å²) in [7, 11) is 1.52. The maximum atomic E-state index is 13.6. The first-order valence-corrected chi connectivity index (χ1v) is 11.3. The Morgan fingerprint density at radius 2 is 2.03 bits per heavy atom. The highest BCUT2D eigenvalue weighted by atomic mass is 19.1. The average molecular weight is 462 g/mol. The van der Waals surface area contributed by atoms with Gasteiger partial charge in [-0.1, -0.05) is 0 Å². The molecule has 1 saturated heterocycles. The molecule has 9 heteroatoms. The minimum Gasteiger partial charge on any atom is -0.496 e. The van der Waals surface area contributed by atoms with Crippen molar-refractivity contribution in [2.45, 2.75) is 25.2 Å². The molecule has 4 aromatic rings. The van der Waals surface area contributed by atoms with E-state index in [0.29, 0.717) is 59.7 Å². The van der Waals surface area contributed by atoms with E-state index in [4.69, 9.17) is 9.47 Å². The number of fused-ring (bicyclic) bond motifs is 4. The highest BCUT2D eigenvalue weighted by Gasteiger charge is 2.29. The van der Waals surface area contributed by atoms with Gasteiger partial charge in [0.05, 0.1) is 29.9 Å². The molecule has 2 aliphatic rings. The molecule has 1 amide bonds. The number of nitrogens with one attached hydrogen (secondary N) is 1. The Kier molecular flexibility index (Phi) is 4.88. The fraction of sp³-hybridized carbons (Fsp3) is 0.320. The number of hydrogen-bond donors (Lipinski definition) is 1. The molecule has 0 radical (unpaired) electrons. The first-order valence-electron chi connectivity index (χ1n) is 11.3. The van der Waals surface area contributed by atoms with E-state index < -0.39 is 0 Å². The predicted octanol–water partition coefficient (Wildman–Crippen LogP) is 3.42. The Labute approximate surface area is 193 Å². The third-order valence-corrected chi connectivity index (χ3v) is 6.83. The van der Waals surface area contributed by atoms with Gasteiger partial charge < -0.3 is 19.4 Å². The van der Waals surface area contributed by atoms with Gasteiger partial charge in [-0.05, 0) is 49.1 Å². The molecule has 8 nitrogen and oxygen atoms in total. The van der Waals surface area contributed by atoms with Crippen LogP contribution in [0.25, 0.3) is 16.6 Å². The van der Waals surface area contributed by atoms with Gasteiger partial charge in [-0.15, -0.1) is 0 Å². The number of carbonyl (C=O) groups excluding carboxylic acids is 1. The lowest BCUT2D eigenvalue weighted by Crippen LogP contribution is -2.29. The highest BCUT2D eigenvalue weighted by Crippen LogP contribution is 2.34. The zero-order valence-electron chi connectivity index (χ0n) is 18.6. The normalized spacial score (nSPS) is 16.4. The number of anilines is 1. The van der Waals surface area contributed by atoms with Gasteiger partial charge in [0, 0.05) is 37.4 Å². The van der Waals surface area contributed by atoms with E-state index >= 15 is 0 Å². The van der Waals surface area contributed by atoms with E-state index in [2.05, 4.69) is 9.97 Å². The second kappa shape index (κ2) is 7.95. The van der Waals surface area contributed by atoms with Gasteiger partial charge in [0.25, 0.3) is 11.5 Å². The van der Waals surface area contributed by atoms with E-state index in [1.165, 1.54) is 19.2 Å². The summed E-state index contributed by atoms with van der Waals surface area (Å²) in [6.45, 7) is 1.76. The number of methoxy groups -OCH3 is 1. The van der Waals surface area contributed by atoms with E-state index in [9.17, 15) is 14.0 Å². The van der Waals surface area contributed by atoms with E-state index in [0.717, 1.165) is 24.2 Å². The monoisotopic (exact) mass is 462 g/mol. The Hall–Kier alpha value is -3.72. The minimum absolute atomic E-state index is 0.176. The Bertz CT molecular complexity index is 1500. The third kappa shape index (κ3) is 3.19. The molecular weight excluding hydrogens is 439 g/mol. The van der Waals surface area contributed by atoms with Crippen molar-refractivity contribution in [3.05, 3.63) is 69.7 Å². The van der Waals surface area contributed by atoms with Crippen LogP contribution in [0.1, 0.15) is 40.5 Å². The van der Waals surface area contributed by atoms with Gasteiger partial charge in [-0.2, -0.15) is 0 Å². The summed E-state index contributed by atoms with van der Waals surface area (Å²) in [5.74, 6) is 0.799. The SMILES string of the molecule is COc1cc2c(cc1C(=O)N1CCc3cc(F)ccc31)[nH]c(=O)c1cnc(C3CCOCC3)n12. The molecule has 34 heavy (non-hydrogen) atoms. The van der Waals surface area contributed by atoms with E-state index in [1.54, 1.807) is 29.3 Å². The Morgan fingerprint density at radius 1 is 1.21 bits per heavy atom. The fourth-order valence-corrected chi connectivity index (χ4v) is 5.13. The number of aromatic amines is 1. The smallest absolute Gasteiger partial charge is 0.274 e. The average Bonchev–Trinajstić information content (AvgIpc) is 3.48. The van der Waals surface area contributed by atoms with Crippen LogP contribution < -0.4 is 15.2 Å². The van der Waals surface area contributed by atoms with Crippen LogP contribution in [0.4, 0.5) is 10.1 Å².